The first kappa shape index (κ1) is 12.5. The Morgan fingerprint density at radius 2 is 2.00 bits per heavy atom. The largest absolute Gasteiger partial charge is 0.466 e. The molecule has 0 aliphatic carbocycles. The molecule has 0 saturated heterocycles. The summed E-state index contributed by atoms with van der Waals surface area (Å²) in [6.45, 7) is 5.60. The number of rotatable bonds is 5. The minimum atomic E-state index is -0.196. The van der Waals surface area contributed by atoms with Gasteiger partial charge < -0.3 is 4.74 Å². The van der Waals surface area contributed by atoms with E-state index in [1.807, 2.05) is 6.92 Å². The third-order valence-corrected chi connectivity index (χ3v) is 2.58. The summed E-state index contributed by atoms with van der Waals surface area (Å²) in [6, 6.07) is 0. The molecule has 0 aromatic rings. The standard InChI is InChI=1S/C9H16O3S/c1-4-8(6-13-7(3)10)9(11)12-5-2/h8H,4-6H2,1-3H3. The van der Waals surface area contributed by atoms with Crippen LogP contribution in [0.2, 0.25) is 0 Å². The van der Waals surface area contributed by atoms with Crippen LogP contribution in [0.5, 0.6) is 0 Å². The Morgan fingerprint density at radius 3 is 2.38 bits per heavy atom. The monoisotopic (exact) mass is 204 g/mol. The van der Waals surface area contributed by atoms with Gasteiger partial charge in [0.2, 0.25) is 0 Å². The lowest BCUT2D eigenvalue weighted by atomic mass is 10.1. The molecule has 0 aromatic carbocycles. The quantitative estimate of drug-likeness (QED) is 0.641. The second-order valence-electron chi connectivity index (χ2n) is 2.66. The molecule has 76 valence electrons. The molecule has 0 bridgehead atoms. The van der Waals surface area contributed by atoms with Crippen LogP contribution in [-0.2, 0) is 14.3 Å². The van der Waals surface area contributed by atoms with Crippen molar-refractivity contribution in [1.29, 1.82) is 0 Å². The summed E-state index contributed by atoms with van der Waals surface area (Å²) < 4.78 is 4.86. The summed E-state index contributed by atoms with van der Waals surface area (Å²) in [5.74, 6) is 0.192. The topological polar surface area (TPSA) is 43.4 Å². The van der Waals surface area contributed by atoms with Crippen molar-refractivity contribution in [3.05, 3.63) is 0 Å². The number of carbonyl (C=O) groups is 2. The highest BCUT2D eigenvalue weighted by molar-refractivity contribution is 8.13. The van der Waals surface area contributed by atoms with Crippen LogP contribution >= 0.6 is 11.8 Å². The predicted octanol–water partition coefficient (Wildman–Crippen LogP) is 1.86. The van der Waals surface area contributed by atoms with Crippen molar-refractivity contribution in [3.63, 3.8) is 0 Å². The van der Waals surface area contributed by atoms with E-state index in [4.69, 9.17) is 4.74 Å². The molecule has 13 heavy (non-hydrogen) atoms. The number of hydrogen-bond acceptors (Lipinski definition) is 4. The molecular formula is C9H16O3S. The molecule has 0 amide bonds. The van der Waals surface area contributed by atoms with Crippen LogP contribution in [0.1, 0.15) is 27.2 Å². The van der Waals surface area contributed by atoms with E-state index in [1.54, 1.807) is 6.92 Å². The van der Waals surface area contributed by atoms with E-state index >= 15 is 0 Å². The van der Waals surface area contributed by atoms with Crippen molar-refractivity contribution < 1.29 is 14.3 Å². The Hall–Kier alpha value is -0.510. The van der Waals surface area contributed by atoms with Gasteiger partial charge in [-0.1, -0.05) is 18.7 Å². The smallest absolute Gasteiger partial charge is 0.309 e. The van der Waals surface area contributed by atoms with Crippen LogP contribution in [0, 0.1) is 5.92 Å². The zero-order valence-corrected chi connectivity index (χ0v) is 9.15. The Labute approximate surface area is 83.2 Å². The maximum Gasteiger partial charge on any atom is 0.309 e. The van der Waals surface area contributed by atoms with Gasteiger partial charge in [0.15, 0.2) is 5.12 Å². The zero-order chi connectivity index (χ0) is 10.3. The normalized spacial score (nSPS) is 12.2. The van der Waals surface area contributed by atoms with Gasteiger partial charge in [0.25, 0.3) is 0 Å². The van der Waals surface area contributed by atoms with E-state index in [9.17, 15) is 9.59 Å². The summed E-state index contributed by atoms with van der Waals surface area (Å²) in [6.07, 6.45) is 0.721. The number of carbonyl (C=O) groups excluding carboxylic acids is 2. The SMILES string of the molecule is CCOC(=O)C(CC)CSC(C)=O. The van der Waals surface area contributed by atoms with Crippen LogP contribution in [0.25, 0.3) is 0 Å². The minimum Gasteiger partial charge on any atom is -0.466 e. The molecule has 0 N–H and O–H groups in total. The number of ether oxygens (including phenoxy) is 1. The van der Waals surface area contributed by atoms with Crippen LogP contribution in [0.4, 0.5) is 0 Å². The molecule has 0 radical (unpaired) electrons. The van der Waals surface area contributed by atoms with Crippen molar-refractivity contribution in [2.75, 3.05) is 12.4 Å². The van der Waals surface area contributed by atoms with Crippen LogP contribution in [0.3, 0.4) is 0 Å². The van der Waals surface area contributed by atoms with Crippen molar-refractivity contribution in [3.8, 4) is 0 Å². The third-order valence-electron chi connectivity index (χ3n) is 1.60. The van der Waals surface area contributed by atoms with E-state index in [0.29, 0.717) is 12.4 Å². The molecule has 4 heteroatoms. The van der Waals surface area contributed by atoms with Crippen LogP contribution in [0.15, 0.2) is 0 Å². The Morgan fingerprint density at radius 1 is 1.38 bits per heavy atom. The van der Waals surface area contributed by atoms with E-state index in [1.165, 1.54) is 18.7 Å². The average molecular weight is 204 g/mol. The summed E-state index contributed by atoms with van der Waals surface area (Å²) in [5, 5.41) is 0.0442. The van der Waals surface area contributed by atoms with Crippen molar-refractivity contribution in [2.24, 2.45) is 5.92 Å². The molecule has 0 saturated carbocycles. The number of hydrogen-bond donors (Lipinski definition) is 0. The summed E-state index contributed by atoms with van der Waals surface area (Å²) in [7, 11) is 0. The highest BCUT2D eigenvalue weighted by atomic mass is 32.2. The van der Waals surface area contributed by atoms with E-state index in [-0.39, 0.29) is 17.0 Å². The molecule has 0 aliphatic heterocycles. The average Bonchev–Trinajstić information content (AvgIpc) is 2.05. The Kier molecular flexibility index (Phi) is 6.68. The lowest BCUT2D eigenvalue weighted by Crippen LogP contribution is -2.19. The summed E-state index contributed by atoms with van der Waals surface area (Å²) >= 11 is 1.18. The molecular weight excluding hydrogens is 188 g/mol. The van der Waals surface area contributed by atoms with Gasteiger partial charge >= 0.3 is 5.97 Å². The molecule has 0 spiro atoms. The van der Waals surface area contributed by atoms with E-state index in [2.05, 4.69) is 0 Å². The first-order valence-electron chi connectivity index (χ1n) is 4.41. The first-order chi connectivity index (χ1) is 6.11. The highest BCUT2D eigenvalue weighted by Gasteiger charge is 2.18. The molecule has 0 fully saturated rings. The maximum absolute atomic E-state index is 11.2. The Bertz CT molecular complexity index is 180. The Balaban J connectivity index is 3.87. The molecule has 0 heterocycles. The van der Waals surface area contributed by atoms with Gasteiger partial charge in [-0.3, -0.25) is 9.59 Å². The van der Waals surface area contributed by atoms with Gasteiger partial charge in [-0.2, -0.15) is 0 Å². The minimum absolute atomic E-state index is 0.0442. The molecule has 1 atom stereocenters. The third kappa shape index (κ3) is 5.69. The fraction of sp³-hybridized carbons (Fsp3) is 0.778. The van der Waals surface area contributed by atoms with Gasteiger partial charge in [-0.05, 0) is 13.3 Å². The zero-order valence-electron chi connectivity index (χ0n) is 8.33. The molecule has 1 unspecified atom stereocenters. The van der Waals surface area contributed by atoms with E-state index in [0.717, 1.165) is 6.42 Å². The molecule has 3 nitrogen and oxygen atoms in total. The summed E-state index contributed by atoms with van der Waals surface area (Å²) in [5.41, 5.74) is 0. The first-order valence-corrected chi connectivity index (χ1v) is 5.40. The molecule has 0 rings (SSSR count). The fourth-order valence-electron chi connectivity index (χ4n) is 0.831. The molecule has 0 aromatic heterocycles. The van der Waals surface area contributed by atoms with Crippen LogP contribution < -0.4 is 0 Å². The van der Waals surface area contributed by atoms with Gasteiger partial charge in [0, 0.05) is 12.7 Å². The van der Waals surface area contributed by atoms with E-state index < -0.39 is 0 Å². The number of thioether (sulfide) groups is 1. The fourth-order valence-corrected chi connectivity index (χ4v) is 1.64. The van der Waals surface area contributed by atoms with Gasteiger partial charge in [-0.25, -0.2) is 0 Å². The summed E-state index contributed by atoms with van der Waals surface area (Å²) in [4.78, 5) is 21.9. The van der Waals surface area contributed by atoms with Crippen molar-refractivity contribution in [1.82, 2.24) is 0 Å². The van der Waals surface area contributed by atoms with Crippen molar-refractivity contribution in [2.45, 2.75) is 27.2 Å². The second-order valence-corrected chi connectivity index (χ2v) is 3.86. The van der Waals surface area contributed by atoms with Gasteiger partial charge in [0.05, 0.1) is 12.5 Å². The predicted molar refractivity (Wildman–Crippen MR) is 53.6 cm³/mol. The lowest BCUT2D eigenvalue weighted by Gasteiger charge is -2.11. The van der Waals surface area contributed by atoms with Crippen LogP contribution in [-0.4, -0.2) is 23.4 Å². The van der Waals surface area contributed by atoms with Gasteiger partial charge in [0.1, 0.15) is 0 Å². The maximum atomic E-state index is 11.2. The second kappa shape index (κ2) is 6.95. The molecule has 0 aliphatic rings. The van der Waals surface area contributed by atoms with Crippen molar-refractivity contribution >= 4 is 22.8 Å². The number of esters is 1. The van der Waals surface area contributed by atoms with Gasteiger partial charge in [-0.15, -0.1) is 0 Å². The highest BCUT2D eigenvalue weighted by Crippen LogP contribution is 2.14. The lowest BCUT2D eigenvalue weighted by molar-refractivity contribution is -0.147.